The summed E-state index contributed by atoms with van der Waals surface area (Å²) in [5.74, 6) is 0.663. The highest BCUT2D eigenvalue weighted by atomic mass is 32.2. The first-order chi connectivity index (χ1) is 12.2. The number of likely N-dealkylation sites (N-methyl/N-ethyl adjacent to an activating group) is 1. The van der Waals surface area contributed by atoms with Crippen LogP contribution in [0.2, 0.25) is 0 Å². The molecule has 9 heteroatoms. The van der Waals surface area contributed by atoms with E-state index in [0.717, 1.165) is 4.31 Å². The van der Waals surface area contributed by atoms with E-state index in [1.165, 1.54) is 49.7 Å². The summed E-state index contributed by atoms with van der Waals surface area (Å²) in [5.41, 5.74) is 0. The van der Waals surface area contributed by atoms with Crippen LogP contribution in [0.15, 0.2) is 64.4 Å². The van der Waals surface area contributed by atoms with Crippen molar-refractivity contribution in [1.82, 2.24) is 8.61 Å². The summed E-state index contributed by atoms with van der Waals surface area (Å²) >= 11 is 0. The number of rotatable bonds is 8. The van der Waals surface area contributed by atoms with E-state index >= 15 is 0 Å². The van der Waals surface area contributed by atoms with Crippen LogP contribution < -0.4 is 4.74 Å². The van der Waals surface area contributed by atoms with Gasteiger partial charge >= 0.3 is 0 Å². The normalized spacial score (nSPS) is 12.5. The second-order valence-electron chi connectivity index (χ2n) is 5.75. The third-order valence-electron chi connectivity index (χ3n) is 3.73. The topological polar surface area (TPSA) is 84.0 Å². The second-order valence-corrected chi connectivity index (χ2v) is 9.94. The van der Waals surface area contributed by atoms with E-state index in [-0.39, 0.29) is 22.9 Å². The molecule has 0 heterocycles. The Labute approximate surface area is 154 Å². The van der Waals surface area contributed by atoms with E-state index in [9.17, 15) is 16.8 Å². The minimum atomic E-state index is -3.73. The molecule has 0 bridgehead atoms. The molecule has 0 aliphatic rings. The Kier molecular flexibility index (Phi) is 6.40. The Morgan fingerprint density at radius 3 is 1.77 bits per heavy atom. The summed E-state index contributed by atoms with van der Waals surface area (Å²) in [6.45, 7) is 0.363. The highest BCUT2D eigenvalue weighted by molar-refractivity contribution is 7.89. The molecule has 0 aliphatic heterocycles. The molecule has 0 aromatic heterocycles. The molecular weight excluding hydrogens is 376 g/mol. The summed E-state index contributed by atoms with van der Waals surface area (Å²) in [6, 6.07) is 14.3. The van der Waals surface area contributed by atoms with Crippen molar-refractivity contribution >= 4 is 20.0 Å². The second kappa shape index (κ2) is 8.17. The first-order valence-electron chi connectivity index (χ1n) is 7.82. The Morgan fingerprint density at radius 1 is 0.769 bits per heavy atom. The maximum absolute atomic E-state index is 12.6. The lowest BCUT2D eigenvalue weighted by atomic mass is 10.3. The molecule has 0 spiro atoms. The van der Waals surface area contributed by atoms with Gasteiger partial charge in [-0.1, -0.05) is 18.2 Å². The quantitative estimate of drug-likeness (QED) is 0.675. The van der Waals surface area contributed by atoms with Crippen LogP contribution in [-0.2, 0) is 20.0 Å². The SMILES string of the molecule is CN(C)S(=O)(=O)c1ccc(S(=O)(=O)N(C)CCOc2ccccc2)cc1. The monoisotopic (exact) mass is 398 g/mol. The van der Waals surface area contributed by atoms with Crippen molar-refractivity contribution < 1.29 is 21.6 Å². The van der Waals surface area contributed by atoms with Gasteiger partial charge in [0.2, 0.25) is 20.0 Å². The summed E-state index contributed by atoms with van der Waals surface area (Å²) in [5, 5.41) is 0. The Morgan fingerprint density at radius 2 is 1.27 bits per heavy atom. The summed E-state index contributed by atoms with van der Waals surface area (Å²) in [4.78, 5) is 0.0638. The van der Waals surface area contributed by atoms with Gasteiger partial charge in [0.15, 0.2) is 0 Å². The highest BCUT2D eigenvalue weighted by Gasteiger charge is 2.23. The van der Waals surface area contributed by atoms with Crippen molar-refractivity contribution in [3.63, 3.8) is 0 Å². The van der Waals surface area contributed by atoms with E-state index in [2.05, 4.69) is 0 Å². The number of para-hydroxylation sites is 1. The van der Waals surface area contributed by atoms with Crippen LogP contribution >= 0.6 is 0 Å². The smallest absolute Gasteiger partial charge is 0.242 e. The largest absolute Gasteiger partial charge is 0.492 e. The molecule has 0 atom stereocenters. The lowest BCUT2D eigenvalue weighted by Gasteiger charge is -2.18. The van der Waals surface area contributed by atoms with Crippen molar-refractivity contribution in [3.05, 3.63) is 54.6 Å². The third kappa shape index (κ3) is 4.61. The minimum Gasteiger partial charge on any atom is -0.492 e. The molecule has 0 aliphatic carbocycles. The number of ether oxygens (including phenoxy) is 1. The van der Waals surface area contributed by atoms with Gasteiger partial charge in [0.05, 0.1) is 9.79 Å². The van der Waals surface area contributed by atoms with Crippen LogP contribution in [-0.4, -0.2) is 59.7 Å². The molecular formula is C17H22N2O5S2. The van der Waals surface area contributed by atoms with Crippen LogP contribution in [0.5, 0.6) is 5.75 Å². The Hall–Kier alpha value is -1.94. The molecule has 2 aromatic carbocycles. The van der Waals surface area contributed by atoms with Crippen LogP contribution in [0.4, 0.5) is 0 Å². The molecule has 0 fully saturated rings. The molecule has 0 N–H and O–H groups in total. The van der Waals surface area contributed by atoms with E-state index in [1.54, 1.807) is 12.1 Å². The molecule has 26 heavy (non-hydrogen) atoms. The zero-order chi connectivity index (χ0) is 19.4. The van der Waals surface area contributed by atoms with Gasteiger partial charge in [-0.25, -0.2) is 21.1 Å². The van der Waals surface area contributed by atoms with Crippen LogP contribution in [0, 0.1) is 0 Å². The number of nitrogens with zero attached hydrogens (tertiary/aromatic N) is 2. The van der Waals surface area contributed by atoms with E-state index in [1.807, 2.05) is 18.2 Å². The maximum atomic E-state index is 12.6. The van der Waals surface area contributed by atoms with Crippen molar-refractivity contribution in [2.45, 2.75) is 9.79 Å². The molecule has 0 radical (unpaired) electrons. The standard InChI is InChI=1S/C17H22N2O5S2/c1-18(2)25(20,21)16-9-11-17(12-10-16)26(22,23)19(3)13-14-24-15-7-5-4-6-8-15/h4-12H,13-14H2,1-3H3. The van der Waals surface area contributed by atoms with Gasteiger partial charge in [-0.15, -0.1) is 0 Å². The molecule has 0 unspecified atom stereocenters. The molecule has 0 amide bonds. The van der Waals surface area contributed by atoms with E-state index in [0.29, 0.717) is 5.75 Å². The van der Waals surface area contributed by atoms with E-state index < -0.39 is 20.0 Å². The fourth-order valence-corrected chi connectivity index (χ4v) is 4.16. The van der Waals surface area contributed by atoms with Crippen molar-refractivity contribution in [2.24, 2.45) is 0 Å². The number of hydrogen-bond donors (Lipinski definition) is 0. The van der Waals surface area contributed by atoms with Crippen molar-refractivity contribution in [1.29, 1.82) is 0 Å². The molecule has 0 saturated heterocycles. The molecule has 7 nitrogen and oxygen atoms in total. The van der Waals surface area contributed by atoms with E-state index in [4.69, 9.17) is 4.74 Å². The Balaban J connectivity index is 2.06. The van der Waals surface area contributed by atoms with Gasteiger partial charge in [-0.3, -0.25) is 0 Å². The lowest BCUT2D eigenvalue weighted by molar-refractivity contribution is 0.287. The van der Waals surface area contributed by atoms with Gasteiger partial charge in [0.1, 0.15) is 12.4 Å². The maximum Gasteiger partial charge on any atom is 0.242 e. The Bertz CT molecular complexity index is 925. The van der Waals surface area contributed by atoms with Crippen LogP contribution in [0.3, 0.4) is 0 Å². The van der Waals surface area contributed by atoms with Crippen LogP contribution in [0.25, 0.3) is 0 Å². The number of benzene rings is 2. The van der Waals surface area contributed by atoms with Gasteiger partial charge in [-0.2, -0.15) is 4.31 Å². The summed E-state index contributed by atoms with van der Waals surface area (Å²) < 4.78 is 57.0. The van der Waals surface area contributed by atoms with Crippen molar-refractivity contribution in [3.8, 4) is 5.75 Å². The average Bonchev–Trinajstić information content (AvgIpc) is 2.62. The molecule has 2 rings (SSSR count). The highest BCUT2D eigenvalue weighted by Crippen LogP contribution is 2.19. The fraction of sp³-hybridized carbons (Fsp3) is 0.294. The summed E-state index contributed by atoms with van der Waals surface area (Å²) in [6.07, 6.45) is 0. The fourth-order valence-electron chi connectivity index (χ4n) is 2.10. The third-order valence-corrected chi connectivity index (χ3v) is 7.43. The predicted octanol–water partition coefficient (Wildman–Crippen LogP) is 1.64. The number of hydrogen-bond acceptors (Lipinski definition) is 5. The molecule has 2 aromatic rings. The van der Waals surface area contributed by atoms with Crippen LogP contribution in [0.1, 0.15) is 0 Å². The lowest BCUT2D eigenvalue weighted by Crippen LogP contribution is -2.31. The molecule has 0 saturated carbocycles. The minimum absolute atomic E-state index is 0.0254. The van der Waals surface area contributed by atoms with Gasteiger partial charge in [0.25, 0.3) is 0 Å². The zero-order valence-electron chi connectivity index (χ0n) is 14.9. The van der Waals surface area contributed by atoms with Gasteiger partial charge in [0, 0.05) is 27.7 Å². The average molecular weight is 399 g/mol. The van der Waals surface area contributed by atoms with Gasteiger partial charge < -0.3 is 4.74 Å². The van der Waals surface area contributed by atoms with Gasteiger partial charge in [-0.05, 0) is 36.4 Å². The summed E-state index contributed by atoms with van der Waals surface area (Å²) in [7, 11) is -3.04. The molecule has 142 valence electrons. The first-order valence-corrected chi connectivity index (χ1v) is 10.7. The zero-order valence-corrected chi connectivity index (χ0v) is 16.5. The number of sulfonamides is 2. The predicted molar refractivity (Wildman–Crippen MR) is 99.1 cm³/mol. The van der Waals surface area contributed by atoms with Crippen molar-refractivity contribution in [2.75, 3.05) is 34.3 Å². The first kappa shape index (κ1) is 20.4.